The van der Waals surface area contributed by atoms with Gasteiger partial charge >= 0.3 is 0 Å². The first-order valence-electron chi connectivity index (χ1n) is 8.89. The van der Waals surface area contributed by atoms with E-state index in [0.717, 1.165) is 71.7 Å². The van der Waals surface area contributed by atoms with Crippen LogP contribution < -0.4 is 0 Å². The minimum Gasteiger partial charge on any atom is -0.381 e. The zero-order valence-corrected chi connectivity index (χ0v) is 14.2. The van der Waals surface area contributed by atoms with Gasteiger partial charge in [0.05, 0.1) is 6.04 Å². The van der Waals surface area contributed by atoms with Gasteiger partial charge < -0.3 is 14.5 Å². The lowest BCUT2D eigenvalue weighted by molar-refractivity contribution is -0.142. The van der Waals surface area contributed by atoms with Crippen molar-refractivity contribution < 1.29 is 9.53 Å². The van der Waals surface area contributed by atoms with E-state index in [1.165, 1.54) is 6.42 Å². The molecule has 1 atom stereocenters. The van der Waals surface area contributed by atoms with E-state index in [0.29, 0.717) is 11.3 Å². The summed E-state index contributed by atoms with van der Waals surface area (Å²) in [6.07, 6.45) is 4.67. The summed E-state index contributed by atoms with van der Waals surface area (Å²) in [5.74, 6) is 0.343. The summed E-state index contributed by atoms with van der Waals surface area (Å²) in [7, 11) is 2.16. The molecule has 0 aromatic heterocycles. The lowest BCUT2D eigenvalue weighted by Crippen LogP contribution is -2.56. The van der Waals surface area contributed by atoms with E-state index in [9.17, 15) is 4.79 Å². The minimum atomic E-state index is 0.0312. The van der Waals surface area contributed by atoms with Crippen molar-refractivity contribution in [2.75, 3.05) is 59.5 Å². The van der Waals surface area contributed by atoms with Crippen LogP contribution in [-0.4, -0.2) is 86.2 Å². The van der Waals surface area contributed by atoms with Gasteiger partial charge in [0, 0.05) is 52.5 Å². The molecule has 0 aromatic carbocycles. The van der Waals surface area contributed by atoms with E-state index in [-0.39, 0.29) is 6.04 Å². The Morgan fingerprint density at radius 1 is 1.05 bits per heavy atom. The number of hydrogen-bond acceptors (Lipinski definition) is 4. The Hall–Kier alpha value is -0.650. The molecule has 3 aliphatic heterocycles. The second-order valence-corrected chi connectivity index (χ2v) is 7.49. The molecule has 3 heterocycles. The van der Waals surface area contributed by atoms with Crippen LogP contribution in [0.1, 0.15) is 32.6 Å². The molecule has 0 N–H and O–H groups in total. The molecule has 1 unspecified atom stereocenters. The predicted octanol–water partition coefficient (Wildman–Crippen LogP) is 1.04. The Kier molecular flexibility index (Phi) is 5.05. The van der Waals surface area contributed by atoms with Gasteiger partial charge in [-0.2, -0.15) is 0 Å². The molecule has 1 spiro atoms. The van der Waals surface area contributed by atoms with Gasteiger partial charge in [-0.3, -0.25) is 9.69 Å². The third-order valence-corrected chi connectivity index (χ3v) is 5.97. The number of piperidine rings is 1. The standard InChI is InChI=1S/C17H31N3O2/c1-15(19-10-8-18(2)9-11-19)16(21)20-7-3-4-17(14-20)5-12-22-13-6-17/h15H,3-14H2,1-2H3. The van der Waals surface area contributed by atoms with E-state index < -0.39 is 0 Å². The van der Waals surface area contributed by atoms with Crippen molar-refractivity contribution in [3.05, 3.63) is 0 Å². The van der Waals surface area contributed by atoms with Crippen LogP contribution in [0.15, 0.2) is 0 Å². The zero-order chi connectivity index (χ0) is 15.6. The third kappa shape index (κ3) is 3.47. The van der Waals surface area contributed by atoms with Crippen molar-refractivity contribution in [1.29, 1.82) is 0 Å². The molecule has 22 heavy (non-hydrogen) atoms. The van der Waals surface area contributed by atoms with Gasteiger partial charge in [0.15, 0.2) is 0 Å². The number of nitrogens with zero attached hydrogens (tertiary/aromatic N) is 3. The average molecular weight is 309 g/mol. The van der Waals surface area contributed by atoms with Gasteiger partial charge in [0.2, 0.25) is 5.91 Å². The molecular weight excluding hydrogens is 278 g/mol. The molecule has 5 nitrogen and oxygen atoms in total. The number of hydrogen-bond donors (Lipinski definition) is 0. The van der Waals surface area contributed by atoms with Crippen LogP contribution in [0.2, 0.25) is 0 Å². The first-order valence-corrected chi connectivity index (χ1v) is 8.89. The molecular formula is C17H31N3O2. The van der Waals surface area contributed by atoms with Gasteiger partial charge in [-0.05, 0) is 45.1 Å². The van der Waals surface area contributed by atoms with E-state index in [2.05, 4.69) is 28.7 Å². The molecule has 5 heteroatoms. The van der Waals surface area contributed by atoms with Crippen LogP contribution in [-0.2, 0) is 9.53 Å². The molecule has 3 saturated heterocycles. The zero-order valence-electron chi connectivity index (χ0n) is 14.2. The fourth-order valence-corrected chi connectivity index (χ4v) is 4.24. The topological polar surface area (TPSA) is 36.0 Å². The van der Waals surface area contributed by atoms with Crippen molar-refractivity contribution in [3.63, 3.8) is 0 Å². The highest BCUT2D eigenvalue weighted by molar-refractivity contribution is 5.81. The molecule has 1 amide bonds. The molecule has 0 aromatic rings. The highest BCUT2D eigenvalue weighted by atomic mass is 16.5. The van der Waals surface area contributed by atoms with Crippen molar-refractivity contribution in [3.8, 4) is 0 Å². The van der Waals surface area contributed by atoms with Crippen LogP contribution in [0.5, 0.6) is 0 Å². The van der Waals surface area contributed by atoms with E-state index in [1.54, 1.807) is 0 Å². The monoisotopic (exact) mass is 309 g/mol. The van der Waals surface area contributed by atoms with Gasteiger partial charge in [0.25, 0.3) is 0 Å². The third-order valence-electron chi connectivity index (χ3n) is 5.97. The maximum atomic E-state index is 12.9. The average Bonchev–Trinajstić information content (AvgIpc) is 2.55. The van der Waals surface area contributed by atoms with Crippen LogP contribution >= 0.6 is 0 Å². The number of ether oxygens (including phenoxy) is 1. The number of amides is 1. The molecule has 126 valence electrons. The smallest absolute Gasteiger partial charge is 0.239 e. The minimum absolute atomic E-state index is 0.0312. The van der Waals surface area contributed by atoms with Crippen molar-refractivity contribution in [2.24, 2.45) is 5.41 Å². The summed E-state index contributed by atoms with van der Waals surface area (Å²) in [6, 6.07) is 0.0312. The van der Waals surface area contributed by atoms with E-state index in [1.807, 2.05) is 0 Å². The fraction of sp³-hybridized carbons (Fsp3) is 0.941. The van der Waals surface area contributed by atoms with Gasteiger partial charge in [-0.25, -0.2) is 0 Å². The Balaban J connectivity index is 1.59. The normalized spacial score (nSPS) is 28.7. The number of piperazine rings is 1. The van der Waals surface area contributed by atoms with Gasteiger partial charge in [0.1, 0.15) is 0 Å². The number of likely N-dealkylation sites (N-methyl/N-ethyl adjacent to an activating group) is 1. The lowest BCUT2D eigenvalue weighted by atomic mass is 9.74. The Labute approximate surface area is 134 Å². The van der Waals surface area contributed by atoms with Crippen LogP contribution in [0.3, 0.4) is 0 Å². The molecule has 0 radical (unpaired) electrons. The predicted molar refractivity (Wildman–Crippen MR) is 86.8 cm³/mol. The highest BCUT2D eigenvalue weighted by Crippen LogP contribution is 2.39. The van der Waals surface area contributed by atoms with Gasteiger partial charge in [-0.1, -0.05) is 0 Å². The van der Waals surface area contributed by atoms with E-state index in [4.69, 9.17) is 4.74 Å². The second-order valence-electron chi connectivity index (χ2n) is 7.49. The molecule has 3 aliphatic rings. The number of carbonyl (C=O) groups excluding carboxylic acids is 1. The van der Waals surface area contributed by atoms with Crippen LogP contribution in [0.25, 0.3) is 0 Å². The van der Waals surface area contributed by atoms with Crippen LogP contribution in [0.4, 0.5) is 0 Å². The second kappa shape index (κ2) is 6.85. The quantitative estimate of drug-likeness (QED) is 0.764. The van der Waals surface area contributed by atoms with Crippen LogP contribution in [0, 0.1) is 5.41 Å². The summed E-state index contributed by atoms with van der Waals surface area (Å²) >= 11 is 0. The number of carbonyl (C=O) groups is 1. The highest BCUT2D eigenvalue weighted by Gasteiger charge is 2.40. The maximum absolute atomic E-state index is 12.9. The summed E-state index contributed by atoms with van der Waals surface area (Å²) in [5.41, 5.74) is 0.341. The van der Waals surface area contributed by atoms with E-state index >= 15 is 0 Å². The first kappa shape index (κ1) is 16.2. The maximum Gasteiger partial charge on any atom is 0.239 e. The lowest BCUT2D eigenvalue weighted by Gasteiger charge is -2.46. The van der Waals surface area contributed by atoms with Gasteiger partial charge in [-0.15, -0.1) is 0 Å². The Morgan fingerprint density at radius 2 is 1.73 bits per heavy atom. The van der Waals surface area contributed by atoms with Crippen molar-refractivity contribution in [2.45, 2.75) is 38.6 Å². The molecule has 0 bridgehead atoms. The SMILES string of the molecule is CC(C(=O)N1CCCC2(CCOCC2)C1)N1CCN(C)CC1. The summed E-state index contributed by atoms with van der Waals surface area (Å²) in [5, 5.41) is 0. The molecule has 3 fully saturated rings. The Morgan fingerprint density at radius 3 is 2.41 bits per heavy atom. The summed E-state index contributed by atoms with van der Waals surface area (Å²) in [4.78, 5) is 19.8. The largest absolute Gasteiger partial charge is 0.381 e. The molecule has 0 saturated carbocycles. The number of rotatable bonds is 2. The molecule has 0 aliphatic carbocycles. The first-order chi connectivity index (χ1) is 10.6. The number of likely N-dealkylation sites (tertiary alicyclic amines) is 1. The summed E-state index contributed by atoms with van der Waals surface area (Å²) < 4.78 is 5.53. The summed E-state index contributed by atoms with van der Waals surface area (Å²) in [6.45, 7) is 9.89. The fourth-order valence-electron chi connectivity index (χ4n) is 4.24. The Bertz CT molecular complexity index is 382. The van der Waals surface area contributed by atoms with Crippen molar-refractivity contribution in [1.82, 2.24) is 14.7 Å². The molecule has 3 rings (SSSR count). The van der Waals surface area contributed by atoms with Crippen molar-refractivity contribution >= 4 is 5.91 Å².